The average molecular weight is 264 g/mol. The summed E-state index contributed by atoms with van der Waals surface area (Å²) in [5.41, 5.74) is 1.45. The molecule has 1 rings (SSSR count). The van der Waals surface area contributed by atoms with Gasteiger partial charge in [0, 0.05) is 0 Å². The Kier molecular flexibility index (Phi) is 4.29. The van der Waals surface area contributed by atoms with Gasteiger partial charge in [0.25, 0.3) is 0 Å². The SMILES string of the molecule is CC(C)CC1(C(C)(C)C)C=C(C(C)(C)C)C(O)=CC1. The minimum Gasteiger partial charge on any atom is -0.508 e. The standard InChI is InChI=1S/C18H32O/c1-13(2)11-18(17(6,7)8)10-9-15(19)14(12-18)16(3,4)5/h9,12-13,19H,10-11H2,1-8H3. The summed E-state index contributed by atoms with van der Waals surface area (Å²) in [6, 6.07) is 0. The molecule has 1 atom stereocenters. The van der Waals surface area contributed by atoms with Crippen LogP contribution in [-0.2, 0) is 0 Å². The van der Waals surface area contributed by atoms with Gasteiger partial charge in [0.05, 0.1) is 0 Å². The number of aliphatic hydroxyl groups is 1. The molecule has 19 heavy (non-hydrogen) atoms. The highest BCUT2D eigenvalue weighted by Gasteiger charge is 2.43. The number of allylic oxidation sites excluding steroid dienone is 3. The Morgan fingerprint density at radius 2 is 1.68 bits per heavy atom. The first-order valence-electron chi connectivity index (χ1n) is 7.52. The van der Waals surface area contributed by atoms with Gasteiger partial charge in [0.1, 0.15) is 5.76 Å². The summed E-state index contributed by atoms with van der Waals surface area (Å²) < 4.78 is 0. The van der Waals surface area contributed by atoms with Gasteiger partial charge in [-0.05, 0) is 46.7 Å². The Morgan fingerprint density at radius 3 is 2.05 bits per heavy atom. The fourth-order valence-electron chi connectivity index (χ4n) is 3.10. The Labute approximate surface area is 119 Å². The highest BCUT2D eigenvalue weighted by atomic mass is 16.3. The molecule has 0 saturated heterocycles. The normalized spacial score (nSPS) is 25.3. The van der Waals surface area contributed by atoms with Crippen LogP contribution in [0.1, 0.15) is 68.2 Å². The predicted octanol–water partition coefficient (Wildman–Crippen LogP) is 5.88. The molecule has 0 radical (unpaired) electrons. The van der Waals surface area contributed by atoms with Gasteiger partial charge in [-0.25, -0.2) is 0 Å². The van der Waals surface area contributed by atoms with Crippen LogP contribution in [0, 0.1) is 22.2 Å². The van der Waals surface area contributed by atoms with Crippen molar-refractivity contribution in [3.63, 3.8) is 0 Å². The number of hydrogen-bond donors (Lipinski definition) is 1. The fraction of sp³-hybridized carbons (Fsp3) is 0.778. The summed E-state index contributed by atoms with van der Waals surface area (Å²) in [5.74, 6) is 1.14. The highest BCUT2D eigenvalue weighted by Crippen LogP contribution is 2.52. The molecule has 0 spiro atoms. The van der Waals surface area contributed by atoms with Crippen molar-refractivity contribution < 1.29 is 5.11 Å². The number of aliphatic hydroxyl groups excluding tert-OH is 1. The molecule has 1 aliphatic carbocycles. The lowest BCUT2D eigenvalue weighted by Gasteiger charge is -2.47. The topological polar surface area (TPSA) is 20.2 Å². The maximum absolute atomic E-state index is 10.2. The van der Waals surface area contributed by atoms with Gasteiger partial charge in [-0.3, -0.25) is 0 Å². The number of hydrogen-bond acceptors (Lipinski definition) is 1. The van der Waals surface area contributed by atoms with E-state index < -0.39 is 0 Å². The molecule has 1 aliphatic rings. The van der Waals surface area contributed by atoms with Crippen molar-refractivity contribution in [3.05, 3.63) is 23.5 Å². The molecule has 0 bridgehead atoms. The molecule has 110 valence electrons. The first-order valence-corrected chi connectivity index (χ1v) is 7.52. The van der Waals surface area contributed by atoms with Crippen LogP contribution in [0.15, 0.2) is 23.5 Å². The molecule has 0 saturated carbocycles. The van der Waals surface area contributed by atoms with Crippen molar-refractivity contribution in [1.82, 2.24) is 0 Å². The molecule has 0 aliphatic heterocycles. The van der Waals surface area contributed by atoms with E-state index in [4.69, 9.17) is 0 Å². The maximum atomic E-state index is 10.2. The summed E-state index contributed by atoms with van der Waals surface area (Å²) in [4.78, 5) is 0. The molecule has 0 fully saturated rings. The van der Waals surface area contributed by atoms with Crippen molar-refractivity contribution in [2.75, 3.05) is 0 Å². The van der Waals surface area contributed by atoms with E-state index >= 15 is 0 Å². The van der Waals surface area contributed by atoms with Crippen molar-refractivity contribution in [2.24, 2.45) is 22.2 Å². The van der Waals surface area contributed by atoms with Crippen molar-refractivity contribution in [3.8, 4) is 0 Å². The van der Waals surface area contributed by atoms with Crippen LogP contribution < -0.4 is 0 Å². The number of rotatable bonds is 2. The monoisotopic (exact) mass is 264 g/mol. The summed E-state index contributed by atoms with van der Waals surface area (Å²) in [5, 5.41) is 10.2. The van der Waals surface area contributed by atoms with E-state index in [1.54, 1.807) is 0 Å². The van der Waals surface area contributed by atoms with Gasteiger partial charge < -0.3 is 5.11 Å². The average Bonchev–Trinajstić information content (AvgIpc) is 2.17. The quantitative estimate of drug-likeness (QED) is 0.660. The largest absolute Gasteiger partial charge is 0.508 e. The lowest BCUT2D eigenvalue weighted by Crippen LogP contribution is -2.38. The molecule has 0 aromatic rings. The Hall–Kier alpha value is -0.720. The summed E-state index contributed by atoms with van der Waals surface area (Å²) >= 11 is 0. The minimum absolute atomic E-state index is 0.00547. The van der Waals surface area contributed by atoms with E-state index in [2.05, 4.69) is 61.5 Å². The first kappa shape index (κ1) is 16.3. The lowest BCUT2D eigenvalue weighted by molar-refractivity contribution is 0.109. The van der Waals surface area contributed by atoms with Gasteiger partial charge in [-0.15, -0.1) is 0 Å². The van der Waals surface area contributed by atoms with Gasteiger partial charge in [-0.2, -0.15) is 0 Å². The molecular weight excluding hydrogens is 232 g/mol. The van der Waals surface area contributed by atoms with E-state index in [0.29, 0.717) is 11.7 Å². The van der Waals surface area contributed by atoms with Crippen molar-refractivity contribution in [2.45, 2.75) is 68.2 Å². The van der Waals surface area contributed by atoms with Crippen LogP contribution in [0.3, 0.4) is 0 Å². The Balaban J connectivity index is 3.33. The van der Waals surface area contributed by atoms with Crippen LogP contribution in [0.2, 0.25) is 0 Å². The second-order valence-corrected chi connectivity index (χ2v) is 8.61. The highest BCUT2D eigenvalue weighted by molar-refractivity contribution is 5.37. The fourth-order valence-corrected chi connectivity index (χ4v) is 3.10. The molecule has 1 unspecified atom stereocenters. The van der Waals surface area contributed by atoms with E-state index in [9.17, 15) is 5.11 Å². The Bertz CT molecular complexity index is 385. The molecule has 0 amide bonds. The predicted molar refractivity (Wildman–Crippen MR) is 84.2 cm³/mol. The third kappa shape index (κ3) is 3.43. The summed E-state index contributed by atoms with van der Waals surface area (Å²) in [7, 11) is 0. The molecule has 1 N–H and O–H groups in total. The van der Waals surface area contributed by atoms with Gasteiger partial charge in [0.2, 0.25) is 0 Å². The molecule has 0 aromatic carbocycles. The van der Waals surface area contributed by atoms with E-state index in [0.717, 1.165) is 12.0 Å². The van der Waals surface area contributed by atoms with E-state index in [-0.39, 0.29) is 16.2 Å². The van der Waals surface area contributed by atoms with E-state index in [1.165, 1.54) is 6.42 Å². The first-order chi connectivity index (χ1) is 8.39. The van der Waals surface area contributed by atoms with Crippen LogP contribution in [-0.4, -0.2) is 5.11 Å². The molecular formula is C18H32O. The minimum atomic E-state index is -0.00547. The summed E-state index contributed by atoms with van der Waals surface area (Å²) in [6.45, 7) is 18.1. The molecule has 1 nitrogen and oxygen atoms in total. The second kappa shape index (κ2) is 5.00. The van der Waals surface area contributed by atoms with Crippen molar-refractivity contribution >= 4 is 0 Å². The molecule has 1 heteroatoms. The second-order valence-electron chi connectivity index (χ2n) is 8.61. The van der Waals surface area contributed by atoms with Crippen LogP contribution in [0.4, 0.5) is 0 Å². The van der Waals surface area contributed by atoms with E-state index in [1.807, 2.05) is 6.08 Å². The zero-order chi connectivity index (χ0) is 15.1. The molecule has 0 heterocycles. The van der Waals surface area contributed by atoms with Crippen LogP contribution in [0.25, 0.3) is 0 Å². The van der Waals surface area contributed by atoms with Crippen LogP contribution in [0.5, 0.6) is 0 Å². The van der Waals surface area contributed by atoms with Gasteiger partial charge in [-0.1, -0.05) is 61.5 Å². The summed E-state index contributed by atoms with van der Waals surface area (Å²) in [6.07, 6.45) is 6.52. The zero-order valence-electron chi connectivity index (χ0n) is 14.1. The third-order valence-corrected chi connectivity index (χ3v) is 4.43. The smallest absolute Gasteiger partial charge is 0.115 e. The van der Waals surface area contributed by atoms with Crippen molar-refractivity contribution in [1.29, 1.82) is 0 Å². The zero-order valence-corrected chi connectivity index (χ0v) is 14.1. The Morgan fingerprint density at radius 1 is 1.16 bits per heavy atom. The van der Waals surface area contributed by atoms with Crippen LogP contribution >= 0.6 is 0 Å². The van der Waals surface area contributed by atoms with Gasteiger partial charge in [0.15, 0.2) is 0 Å². The maximum Gasteiger partial charge on any atom is 0.115 e. The lowest BCUT2D eigenvalue weighted by atomic mass is 9.58. The third-order valence-electron chi connectivity index (χ3n) is 4.43. The molecule has 0 aromatic heterocycles. The van der Waals surface area contributed by atoms with Gasteiger partial charge >= 0.3 is 0 Å².